The average Bonchev–Trinajstić information content (AvgIpc) is 2.90. The summed E-state index contributed by atoms with van der Waals surface area (Å²) in [5.41, 5.74) is 1.01. The highest BCUT2D eigenvalue weighted by atomic mass is 19.1. The van der Waals surface area contributed by atoms with Gasteiger partial charge in [-0.25, -0.2) is 9.18 Å². The van der Waals surface area contributed by atoms with Crippen molar-refractivity contribution in [3.05, 3.63) is 71.1 Å². The van der Waals surface area contributed by atoms with E-state index in [-0.39, 0.29) is 18.0 Å². The van der Waals surface area contributed by atoms with Crippen molar-refractivity contribution in [2.24, 2.45) is 0 Å². The molecule has 0 saturated heterocycles. The van der Waals surface area contributed by atoms with E-state index in [1.165, 1.54) is 18.4 Å². The van der Waals surface area contributed by atoms with Gasteiger partial charge in [0, 0.05) is 12.5 Å². The number of allylic oxidation sites excluding steroid dienone is 1. The number of aliphatic carboxylic acids is 1. The lowest BCUT2D eigenvalue weighted by atomic mass is 10.1. The van der Waals surface area contributed by atoms with Crippen LogP contribution in [0, 0.1) is 5.82 Å². The standard InChI is InChI=1S/C15H11FO5/c16-11-4-2-1-3-10(11)5-9-6-14(21-8-9)12(17)7-13(18)15(19)20/h1-4,6-8,18H,5H2,(H,19,20)/b13-7-. The molecular weight excluding hydrogens is 279 g/mol. The lowest BCUT2D eigenvalue weighted by molar-refractivity contribution is -0.135. The molecule has 21 heavy (non-hydrogen) atoms. The molecule has 0 unspecified atom stereocenters. The number of ketones is 1. The molecule has 1 aromatic carbocycles. The van der Waals surface area contributed by atoms with Gasteiger partial charge in [0.2, 0.25) is 11.5 Å². The smallest absolute Gasteiger partial charge is 0.371 e. The summed E-state index contributed by atoms with van der Waals surface area (Å²) in [5, 5.41) is 17.5. The molecule has 0 bridgehead atoms. The number of aliphatic hydroxyl groups is 1. The van der Waals surface area contributed by atoms with Crippen molar-refractivity contribution in [1.29, 1.82) is 0 Å². The number of carbonyl (C=O) groups excluding carboxylic acids is 1. The predicted molar refractivity (Wildman–Crippen MR) is 70.6 cm³/mol. The third kappa shape index (κ3) is 3.56. The van der Waals surface area contributed by atoms with Crippen molar-refractivity contribution in [3.8, 4) is 0 Å². The SMILES string of the molecule is O=C(O)/C(O)=C/C(=O)c1cc(Cc2ccccc2F)co1. The van der Waals surface area contributed by atoms with E-state index in [2.05, 4.69) is 0 Å². The van der Waals surface area contributed by atoms with Crippen LogP contribution < -0.4 is 0 Å². The molecule has 0 aliphatic heterocycles. The first-order chi connectivity index (χ1) is 9.97. The number of halogens is 1. The molecule has 0 spiro atoms. The van der Waals surface area contributed by atoms with Gasteiger partial charge >= 0.3 is 5.97 Å². The molecular formula is C15H11FO5. The van der Waals surface area contributed by atoms with Gasteiger partial charge in [0.1, 0.15) is 5.82 Å². The fraction of sp³-hybridized carbons (Fsp3) is 0.0667. The lowest BCUT2D eigenvalue weighted by Crippen LogP contribution is -2.03. The zero-order chi connectivity index (χ0) is 15.4. The van der Waals surface area contributed by atoms with E-state index in [1.54, 1.807) is 18.2 Å². The van der Waals surface area contributed by atoms with Crippen LogP contribution in [-0.2, 0) is 11.2 Å². The molecule has 2 N–H and O–H groups in total. The van der Waals surface area contributed by atoms with Crippen molar-refractivity contribution in [2.45, 2.75) is 6.42 Å². The van der Waals surface area contributed by atoms with Gasteiger partial charge < -0.3 is 14.6 Å². The van der Waals surface area contributed by atoms with Gasteiger partial charge in [-0.15, -0.1) is 0 Å². The minimum absolute atomic E-state index is 0.130. The van der Waals surface area contributed by atoms with E-state index in [1.807, 2.05) is 0 Å². The van der Waals surface area contributed by atoms with Crippen LogP contribution in [0.1, 0.15) is 21.7 Å². The molecule has 0 atom stereocenters. The quantitative estimate of drug-likeness (QED) is 0.502. The average molecular weight is 290 g/mol. The number of aliphatic hydroxyl groups excluding tert-OH is 1. The van der Waals surface area contributed by atoms with Gasteiger partial charge in [0.15, 0.2) is 5.76 Å². The van der Waals surface area contributed by atoms with Gasteiger partial charge in [-0.1, -0.05) is 18.2 Å². The maximum atomic E-state index is 13.5. The number of benzene rings is 1. The molecule has 1 heterocycles. The van der Waals surface area contributed by atoms with E-state index in [4.69, 9.17) is 14.6 Å². The molecule has 0 radical (unpaired) electrons. The first kappa shape index (κ1) is 14.5. The zero-order valence-corrected chi connectivity index (χ0v) is 10.7. The van der Waals surface area contributed by atoms with Gasteiger partial charge in [-0.3, -0.25) is 4.79 Å². The second kappa shape index (κ2) is 6.04. The van der Waals surface area contributed by atoms with Gasteiger partial charge in [0.05, 0.1) is 6.26 Å². The van der Waals surface area contributed by atoms with E-state index < -0.39 is 17.5 Å². The zero-order valence-electron chi connectivity index (χ0n) is 10.7. The van der Waals surface area contributed by atoms with Crippen molar-refractivity contribution in [3.63, 3.8) is 0 Å². The molecule has 6 heteroatoms. The summed E-state index contributed by atoms with van der Waals surface area (Å²) < 4.78 is 18.5. The molecule has 0 saturated carbocycles. The van der Waals surface area contributed by atoms with E-state index in [0.29, 0.717) is 17.2 Å². The number of carboxylic acid groups (broad SMARTS) is 1. The Morgan fingerprint density at radius 3 is 2.62 bits per heavy atom. The van der Waals surface area contributed by atoms with Crippen LogP contribution in [0.25, 0.3) is 0 Å². The maximum absolute atomic E-state index is 13.5. The highest BCUT2D eigenvalue weighted by Crippen LogP contribution is 2.16. The number of hydrogen-bond donors (Lipinski definition) is 2. The lowest BCUT2D eigenvalue weighted by Gasteiger charge is -1.99. The second-order valence-corrected chi connectivity index (χ2v) is 4.29. The normalized spacial score (nSPS) is 11.4. The number of furan rings is 1. The molecule has 0 aliphatic carbocycles. The van der Waals surface area contributed by atoms with E-state index in [0.717, 1.165) is 0 Å². The third-order valence-corrected chi connectivity index (χ3v) is 2.74. The first-order valence-corrected chi connectivity index (χ1v) is 5.96. The number of carboxylic acids is 1. The van der Waals surface area contributed by atoms with Crippen LogP contribution in [0.4, 0.5) is 4.39 Å². The van der Waals surface area contributed by atoms with Crippen molar-refractivity contribution in [1.82, 2.24) is 0 Å². The molecule has 2 aromatic rings. The molecule has 2 rings (SSSR count). The fourth-order valence-corrected chi connectivity index (χ4v) is 1.72. The van der Waals surface area contributed by atoms with Crippen molar-refractivity contribution in [2.75, 3.05) is 0 Å². The largest absolute Gasteiger partial charge is 0.502 e. The summed E-state index contributed by atoms with van der Waals surface area (Å²) in [6.07, 6.45) is 2.07. The minimum atomic E-state index is -1.61. The maximum Gasteiger partial charge on any atom is 0.371 e. The fourth-order valence-electron chi connectivity index (χ4n) is 1.72. The number of hydrogen-bond acceptors (Lipinski definition) is 4. The first-order valence-electron chi connectivity index (χ1n) is 5.96. The summed E-state index contributed by atoms with van der Waals surface area (Å²) in [6, 6.07) is 7.58. The third-order valence-electron chi connectivity index (χ3n) is 2.74. The molecule has 0 aliphatic rings. The summed E-state index contributed by atoms with van der Waals surface area (Å²) >= 11 is 0. The van der Waals surface area contributed by atoms with Crippen LogP contribution in [0.5, 0.6) is 0 Å². The van der Waals surface area contributed by atoms with E-state index >= 15 is 0 Å². The summed E-state index contributed by atoms with van der Waals surface area (Å²) in [6.45, 7) is 0. The highest BCUT2D eigenvalue weighted by molar-refractivity contribution is 6.06. The van der Waals surface area contributed by atoms with Crippen LogP contribution in [0.2, 0.25) is 0 Å². The molecule has 5 nitrogen and oxygen atoms in total. The summed E-state index contributed by atoms with van der Waals surface area (Å²) in [4.78, 5) is 22.0. The second-order valence-electron chi connectivity index (χ2n) is 4.29. The van der Waals surface area contributed by atoms with Crippen molar-refractivity contribution >= 4 is 11.8 Å². The molecule has 0 amide bonds. The monoisotopic (exact) mass is 290 g/mol. The summed E-state index contributed by atoms with van der Waals surface area (Å²) in [5.74, 6) is -3.97. The Morgan fingerprint density at radius 2 is 1.95 bits per heavy atom. The van der Waals surface area contributed by atoms with Crippen LogP contribution in [0.3, 0.4) is 0 Å². The van der Waals surface area contributed by atoms with Crippen LogP contribution in [0.15, 0.2) is 52.8 Å². The van der Waals surface area contributed by atoms with Crippen LogP contribution >= 0.6 is 0 Å². The molecule has 1 aromatic heterocycles. The Kier molecular flexibility index (Phi) is 4.18. The Balaban J connectivity index is 2.15. The van der Waals surface area contributed by atoms with Gasteiger partial charge in [0.25, 0.3) is 0 Å². The Bertz CT molecular complexity index is 714. The van der Waals surface area contributed by atoms with Gasteiger partial charge in [-0.2, -0.15) is 0 Å². The Labute approximate surface area is 118 Å². The van der Waals surface area contributed by atoms with Gasteiger partial charge in [-0.05, 0) is 23.3 Å². The van der Waals surface area contributed by atoms with Crippen LogP contribution in [-0.4, -0.2) is 22.0 Å². The summed E-state index contributed by atoms with van der Waals surface area (Å²) in [7, 11) is 0. The minimum Gasteiger partial charge on any atom is -0.502 e. The van der Waals surface area contributed by atoms with Crippen molar-refractivity contribution < 1.29 is 28.6 Å². The predicted octanol–water partition coefficient (Wildman–Crippen LogP) is 2.72. The van der Waals surface area contributed by atoms with E-state index in [9.17, 15) is 14.0 Å². The molecule has 108 valence electrons. The molecule has 0 fully saturated rings. The Morgan fingerprint density at radius 1 is 1.24 bits per heavy atom. The number of rotatable bonds is 5. The topological polar surface area (TPSA) is 87.7 Å². The highest BCUT2D eigenvalue weighted by Gasteiger charge is 2.14. The Hall–Kier alpha value is -2.89. The number of carbonyl (C=O) groups is 2.